The number of fused-ring (bicyclic) bond motifs is 7. The van der Waals surface area contributed by atoms with Gasteiger partial charge in [-0.25, -0.2) is 0 Å². The fourth-order valence-electron chi connectivity index (χ4n) is 10.2. The molecule has 4 saturated carbocycles. The number of carbonyl (C=O) groups excluding carboxylic acids is 1. The van der Waals surface area contributed by atoms with Crippen LogP contribution in [0.1, 0.15) is 106 Å². The van der Waals surface area contributed by atoms with Gasteiger partial charge in [-0.15, -0.1) is 0 Å². The first kappa shape index (κ1) is 25.4. The first-order chi connectivity index (χ1) is 15.4. The van der Waals surface area contributed by atoms with Crippen LogP contribution in [0, 0.1) is 50.7 Å². The van der Waals surface area contributed by atoms with Gasteiger partial charge in [-0.1, -0.05) is 53.2 Å². The molecule has 3 nitrogen and oxygen atoms in total. The van der Waals surface area contributed by atoms with Crippen molar-refractivity contribution in [1.29, 1.82) is 0 Å². The van der Waals surface area contributed by atoms with Gasteiger partial charge in [-0.05, 0) is 110 Å². The van der Waals surface area contributed by atoms with Gasteiger partial charge in [0.1, 0.15) is 6.29 Å². The molecule has 3 unspecified atom stereocenters. The van der Waals surface area contributed by atoms with Crippen molar-refractivity contribution < 1.29 is 15.0 Å². The molecule has 5 aliphatic carbocycles. The molecule has 0 aromatic carbocycles. The Morgan fingerprint density at radius 2 is 1.48 bits per heavy atom. The Balaban J connectivity index is 0.00000126. The van der Waals surface area contributed by atoms with Crippen LogP contribution < -0.4 is 0 Å². The average molecular weight is 459 g/mol. The maximum absolute atomic E-state index is 12.5. The van der Waals surface area contributed by atoms with Gasteiger partial charge in [-0.3, -0.25) is 0 Å². The highest BCUT2D eigenvalue weighted by Crippen LogP contribution is 2.71. The molecule has 3 heteroatoms. The van der Waals surface area contributed by atoms with E-state index in [0.29, 0.717) is 39.9 Å². The summed E-state index contributed by atoms with van der Waals surface area (Å²) in [6.45, 7) is 14.7. The van der Waals surface area contributed by atoms with Crippen molar-refractivity contribution in [3.63, 3.8) is 0 Å². The van der Waals surface area contributed by atoms with Crippen molar-refractivity contribution in [3.8, 4) is 0 Å². The predicted molar refractivity (Wildman–Crippen MR) is 135 cm³/mol. The molecule has 0 bridgehead atoms. The standard InChI is InChI=1S/C29H46O2.CH4O/c1-25(2)15-16-29(18-30)14-9-20-19(21(29)17-25)7-8-23-27(20,5)12-10-22-26(3,4)24(31)11-13-28(22,23)6;1-2/h7,18,20-24,31H,8-17H2,1-6H3;2H,1H3/t20?,21-,22?,23?,24-,27-,28-,29-;/m0./s1. The summed E-state index contributed by atoms with van der Waals surface area (Å²) in [5, 5.41) is 17.8. The molecule has 5 aliphatic rings. The zero-order valence-corrected chi connectivity index (χ0v) is 22.4. The Kier molecular flexibility index (Phi) is 6.31. The monoisotopic (exact) mass is 458 g/mol. The summed E-state index contributed by atoms with van der Waals surface area (Å²) < 4.78 is 0. The Morgan fingerprint density at radius 3 is 2.15 bits per heavy atom. The number of hydrogen-bond donors (Lipinski definition) is 2. The molecular weight excluding hydrogens is 408 g/mol. The molecule has 0 saturated heterocycles. The number of aliphatic hydroxyl groups is 2. The largest absolute Gasteiger partial charge is 0.400 e. The van der Waals surface area contributed by atoms with Crippen LogP contribution in [-0.2, 0) is 4.79 Å². The third-order valence-electron chi connectivity index (χ3n) is 12.1. The molecule has 4 fully saturated rings. The van der Waals surface area contributed by atoms with Crippen LogP contribution in [0.25, 0.3) is 0 Å². The van der Waals surface area contributed by atoms with Crippen LogP contribution in [-0.4, -0.2) is 29.7 Å². The van der Waals surface area contributed by atoms with Crippen LogP contribution in [0.2, 0.25) is 0 Å². The normalized spacial score (nSPS) is 49.6. The van der Waals surface area contributed by atoms with E-state index in [1.165, 1.54) is 51.2 Å². The second kappa shape index (κ2) is 8.19. The molecule has 0 heterocycles. The second-order valence-corrected chi connectivity index (χ2v) is 14.3. The summed E-state index contributed by atoms with van der Waals surface area (Å²) in [5.41, 5.74) is 2.64. The lowest BCUT2D eigenvalue weighted by molar-refractivity contribution is -0.186. The second-order valence-electron chi connectivity index (χ2n) is 14.3. The SMILES string of the molecule is CC1(C)CC[C@]2(C=O)CCC3C(=CCC4[C@@]3(C)CCC3C(C)(C)[C@@H](O)CC[C@@]34C)[C@@H]2C1.CO. The molecule has 0 aliphatic heterocycles. The lowest BCUT2D eigenvalue weighted by atomic mass is 9.37. The topological polar surface area (TPSA) is 57.5 Å². The highest BCUT2D eigenvalue weighted by atomic mass is 16.3. The summed E-state index contributed by atoms with van der Waals surface area (Å²) in [6, 6.07) is 0. The number of allylic oxidation sites excluding steroid dienone is 2. The number of aldehydes is 1. The van der Waals surface area contributed by atoms with Crippen molar-refractivity contribution in [2.24, 2.45) is 50.7 Å². The maximum atomic E-state index is 12.5. The zero-order chi connectivity index (χ0) is 24.4. The Hall–Kier alpha value is -0.670. The van der Waals surface area contributed by atoms with Crippen molar-refractivity contribution >= 4 is 6.29 Å². The molecule has 0 spiro atoms. The summed E-state index contributed by atoms with van der Waals surface area (Å²) in [7, 11) is 1.00. The Labute approximate surface area is 202 Å². The lowest BCUT2D eigenvalue weighted by Gasteiger charge is -2.68. The van der Waals surface area contributed by atoms with Gasteiger partial charge in [0.15, 0.2) is 0 Å². The van der Waals surface area contributed by atoms with Gasteiger partial charge in [0.05, 0.1) is 6.10 Å². The van der Waals surface area contributed by atoms with E-state index in [9.17, 15) is 9.90 Å². The molecular formula is C30H50O3. The Bertz CT molecular complexity index is 796. The van der Waals surface area contributed by atoms with Gasteiger partial charge in [0.2, 0.25) is 0 Å². The molecule has 0 radical (unpaired) electrons. The van der Waals surface area contributed by atoms with E-state index in [2.05, 4.69) is 47.6 Å². The van der Waals surface area contributed by atoms with E-state index in [1.807, 2.05) is 0 Å². The zero-order valence-electron chi connectivity index (χ0n) is 22.4. The van der Waals surface area contributed by atoms with Crippen molar-refractivity contribution in [2.45, 2.75) is 112 Å². The molecule has 5 rings (SSSR count). The van der Waals surface area contributed by atoms with Gasteiger partial charge < -0.3 is 15.0 Å². The molecule has 0 aromatic heterocycles. The van der Waals surface area contributed by atoms with E-state index >= 15 is 0 Å². The van der Waals surface area contributed by atoms with E-state index in [0.717, 1.165) is 26.4 Å². The highest BCUT2D eigenvalue weighted by molar-refractivity contribution is 5.62. The fourth-order valence-corrected chi connectivity index (χ4v) is 10.2. The fraction of sp³-hybridized carbons (Fsp3) is 0.900. The first-order valence-electron chi connectivity index (χ1n) is 13.7. The molecule has 188 valence electrons. The lowest BCUT2D eigenvalue weighted by Crippen LogP contribution is -2.62. The molecule has 0 amide bonds. The van der Waals surface area contributed by atoms with Gasteiger partial charge in [-0.2, -0.15) is 0 Å². The van der Waals surface area contributed by atoms with E-state index in [4.69, 9.17) is 5.11 Å². The third-order valence-corrected chi connectivity index (χ3v) is 12.1. The smallest absolute Gasteiger partial charge is 0.126 e. The molecule has 2 N–H and O–H groups in total. The van der Waals surface area contributed by atoms with Crippen molar-refractivity contribution in [3.05, 3.63) is 11.6 Å². The van der Waals surface area contributed by atoms with Crippen LogP contribution in [0.4, 0.5) is 0 Å². The quantitative estimate of drug-likeness (QED) is 0.345. The van der Waals surface area contributed by atoms with Gasteiger partial charge in [0.25, 0.3) is 0 Å². The highest BCUT2D eigenvalue weighted by Gasteiger charge is 2.64. The molecule has 8 atom stereocenters. The maximum Gasteiger partial charge on any atom is 0.126 e. The van der Waals surface area contributed by atoms with E-state index in [-0.39, 0.29) is 16.9 Å². The van der Waals surface area contributed by atoms with E-state index < -0.39 is 0 Å². The first-order valence-corrected chi connectivity index (χ1v) is 13.7. The van der Waals surface area contributed by atoms with Crippen LogP contribution >= 0.6 is 0 Å². The van der Waals surface area contributed by atoms with Crippen LogP contribution in [0.15, 0.2) is 11.6 Å². The molecule has 33 heavy (non-hydrogen) atoms. The van der Waals surface area contributed by atoms with Crippen molar-refractivity contribution in [1.82, 2.24) is 0 Å². The minimum Gasteiger partial charge on any atom is -0.400 e. The minimum absolute atomic E-state index is 0.0188. The summed E-state index contributed by atoms with van der Waals surface area (Å²) in [6.07, 6.45) is 15.5. The number of hydrogen-bond acceptors (Lipinski definition) is 3. The summed E-state index contributed by atoms with van der Waals surface area (Å²) >= 11 is 0. The van der Waals surface area contributed by atoms with Crippen molar-refractivity contribution in [2.75, 3.05) is 7.11 Å². The van der Waals surface area contributed by atoms with Crippen LogP contribution in [0.5, 0.6) is 0 Å². The summed E-state index contributed by atoms with van der Waals surface area (Å²) in [4.78, 5) is 12.5. The minimum atomic E-state index is -0.156. The average Bonchev–Trinajstić information content (AvgIpc) is 2.77. The number of rotatable bonds is 1. The third kappa shape index (κ3) is 3.53. The Morgan fingerprint density at radius 1 is 0.818 bits per heavy atom. The number of aliphatic hydroxyl groups excluding tert-OH is 2. The van der Waals surface area contributed by atoms with Gasteiger partial charge >= 0.3 is 0 Å². The summed E-state index contributed by atoms with van der Waals surface area (Å²) in [5.74, 6) is 2.45. The predicted octanol–water partition coefficient (Wildman–Crippen LogP) is 6.57. The van der Waals surface area contributed by atoms with E-state index in [1.54, 1.807) is 5.57 Å². The molecule has 0 aromatic rings. The number of carbonyl (C=O) groups is 1. The van der Waals surface area contributed by atoms with Crippen LogP contribution in [0.3, 0.4) is 0 Å². The van der Waals surface area contributed by atoms with Gasteiger partial charge in [0, 0.05) is 12.5 Å².